The predicted octanol–water partition coefficient (Wildman–Crippen LogP) is 2.93. The first kappa shape index (κ1) is 13.1. The molecule has 2 N–H and O–H groups in total. The second kappa shape index (κ2) is 6.03. The van der Waals surface area contributed by atoms with Gasteiger partial charge in [-0.3, -0.25) is 0 Å². The number of aliphatic hydroxyl groups excluding tert-OH is 1. The lowest BCUT2D eigenvalue weighted by molar-refractivity contribution is 0.241. The Morgan fingerprint density at radius 2 is 2.06 bits per heavy atom. The number of aliphatic hydroxyl groups is 1. The van der Waals surface area contributed by atoms with Crippen molar-refractivity contribution in [2.45, 2.75) is 32.9 Å². The second-order valence-corrected chi connectivity index (χ2v) is 4.99. The maximum atomic E-state index is 9.03. The van der Waals surface area contributed by atoms with E-state index < -0.39 is 0 Å². The van der Waals surface area contributed by atoms with E-state index in [4.69, 9.17) is 9.52 Å². The Hall–Kier alpha value is -1.32. The van der Waals surface area contributed by atoms with E-state index in [9.17, 15) is 0 Å². The summed E-state index contributed by atoms with van der Waals surface area (Å²) in [4.78, 5) is 0. The molecular weight excluding hydrogens is 226 g/mol. The summed E-state index contributed by atoms with van der Waals surface area (Å²) in [5.41, 5.74) is 0.928. The van der Waals surface area contributed by atoms with Crippen molar-refractivity contribution in [3.63, 3.8) is 0 Å². The van der Waals surface area contributed by atoms with Gasteiger partial charge in [0.1, 0.15) is 11.3 Å². The van der Waals surface area contributed by atoms with Crippen molar-refractivity contribution in [2.24, 2.45) is 5.92 Å². The van der Waals surface area contributed by atoms with Crippen molar-refractivity contribution >= 4 is 11.0 Å². The molecule has 1 atom stereocenters. The highest BCUT2D eigenvalue weighted by Gasteiger charge is 2.13. The molecule has 3 heteroatoms. The quantitative estimate of drug-likeness (QED) is 0.825. The van der Waals surface area contributed by atoms with Crippen molar-refractivity contribution in [1.29, 1.82) is 0 Å². The third kappa shape index (κ3) is 3.12. The summed E-state index contributed by atoms with van der Waals surface area (Å²) in [6, 6.07) is 10.4. The minimum Gasteiger partial charge on any atom is -0.460 e. The molecule has 1 heterocycles. The number of para-hydroxylation sites is 1. The molecule has 1 aromatic heterocycles. The Morgan fingerprint density at radius 3 is 2.72 bits per heavy atom. The Morgan fingerprint density at radius 1 is 1.28 bits per heavy atom. The van der Waals surface area contributed by atoms with Gasteiger partial charge < -0.3 is 14.8 Å². The molecule has 1 unspecified atom stereocenters. The molecule has 0 aliphatic rings. The number of hydrogen-bond acceptors (Lipinski definition) is 3. The topological polar surface area (TPSA) is 45.4 Å². The molecule has 0 radical (unpaired) electrons. The Bertz CT molecular complexity index is 457. The van der Waals surface area contributed by atoms with E-state index in [1.165, 1.54) is 0 Å². The zero-order valence-electron chi connectivity index (χ0n) is 11.0. The number of hydrogen-bond donors (Lipinski definition) is 2. The van der Waals surface area contributed by atoms with Crippen LogP contribution in [0.25, 0.3) is 11.0 Å². The van der Waals surface area contributed by atoms with Crippen LogP contribution in [0.4, 0.5) is 0 Å². The fourth-order valence-electron chi connectivity index (χ4n) is 2.17. The summed E-state index contributed by atoms with van der Waals surface area (Å²) < 4.78 is 5.75. The van der Waals surface area contributed by atoms with Gasteiger partial charge in [-0.1, -0.05) is 32.0 Å². The second-order valence-electron chi connectivity index (χ2n) is 4.99. The van der Waals surface area contributed by atoms with Crippen molar-refractivity contribution in [1.82, 2.24) is 5.32 Å². The van der Waals surface area contributed by atoms with E-state index in [0.717, 1.165) is 23.2 Å². The molecule has 0 aliphatic carbocycles. The van der Waals surface area contributed by atoms with Crippen LogP contribution in [0.1, 0.15) is 26.0 Å². The molecule has 0 bridgehead atoms. The van der Waals surface area contributed by atoms with Crippen molar-refractivity contribution < 1.29 is 9.52 Å². The minimum absolute atomic E-state index is 0.218. The van der Waals surface area contributed by atoms with E-state index in [1.54, 1.807) is 0 Å². The van der Waals surface area contributed by atoms with E-state index in [-0.39, 0.29) is 6.61 Å². The van der Waals surface area contributed by atoms with Crippen LogP contribution in [0.3, 0.4) is 0 Å². The first-order chi connectivity index (χ1) is 8.70. The lowest BCUT2D eigenvalue weighted by atomic mass is 10.0. The number of furan rings is 1. The van der Waals surface area contributed by atoms with E-state index in [2.05, 4.69) is 31.3 Å². The van der Waals surface area contributed by atoms with Crippen LogP contribution in [0.5, 0.6) is 0 Å². The average Bonchev–Trinajstić information content (AvgIpc) is 2.76. The molecule has 98 valence electrons. The zero-order chi connectivity index (χ0) is 13.0. The SMILES string of the molecule is CC(C)C(CCO)NCc1cc2ccccc2o1. The van der Waals surface area contributed by atoms with Gasteiger partial charge >= 0.3 is 0 Å². The molecule has 0 fully saturated rings. The van der Waals surface area contributed by atoms with Gasteiger partial charge in [0, 0.05) is 18.0 Å². The normalized spacial score (nSPS) is 13.3. The van der Waals surface area contributed by atoms with Crippen LogP contribution in [0, 0.1) is 5.92 Å². The van der Waals surface area contributed by atoms with Crippen molar-refractivity contribution in [2.75, 3.05) is 6.61 Å². The van der Waals surface area contributed by atoms with Crippen LogP contribution in [0.15, 0.2) is 34.7 Å². The number of fused-ring (bicyclic) bond motifs is 1. The molecule has 2 rings (SSSR count). The van der Waals surface area contributed by atoms with E-state index in [1.807, 2.05) is 18.2 Å². The van der Waals surface area contributed by atoms with Gasteiger partial charge in [-0.2, -0.15) is 0 Å². The van der Waals surface area contributed by atoms with Crippen molar-refractivity contribution in [3.8, 4) is 0 Å². The number of benzene rings is 1. The molecule has 2 aromatic rings. The molecule has 0 amide bonds. The molecule has 0 spiro atoms. The van der Waals surface area contributed by atoms with Crippen LogP contribution in [0.2, 0.25) is 0 Å². The van der Waals surface area contributed by atoms with Crippen LogP contribution < -0.4 is 5.32 Å². The Kier molecular flexibility index (Phi) is 4.39. The van der Waals surface area contributed by atoms with Gasteiger partial charge in [0.05, 0.1) is 6.54 Å². The largest absolute Gasteiger partial charge is 0.460 e. The molecular formula is C15H21NO2. The Labute approximate surface area is 108 Å². The molecule has 18 heavy (non-hydrogen) atoms. The predicted molar refractivity (Wildman–Crippen MR) is 73.4 cm³/mol. The maximum absolute atomic E-state index is 9.03. The third-order valence-electron chi connectivity index (χ3n) is 3.26. The number of nitrogens with one attached hydrogen (secondary N) is 1. The summed E-state index contributed by atoms with van der Waals surface area (Å²) in [5.74, 6) is 1.45. The molecule has 3 nitrogen and oxygen atoms in total. The standard InChI is InChI=1S/C15H21NO2/c1-11(2)14(7-8-17)16-10-13-9-12-5-3-4-6-15(12)18-13/h3-6,9,11,14,16-17H,7-8,10H2,1-2H3. The first-order valence-corrected chi connectivity index (χ1v) is 6.52. The van der Waals surface area contributed by atoms with Gasteiger partial charge in [0.25, 0.3) is 0 Å². The highest BCUT2D eigenvalue weighted by atomic mass is 16.3. The van der Waals surface area contributed by atoms with E-state index >= 15 is 0 Å². The minimum atomic E-state index is 0.218. The third-order valence-corrected chi connectivity index (χ3v) is 3.26. The van der Waals surface area contributed by atoms with Crippen LogP contribution >= 0.6 is 0 Å². The fourth-order valence-corrected chi connectivity index (χ4v) is 2.17. The van der Waals surface area contributed by atoms with Gasteiger partial charge in [-0.25, -0.2) is 0 Å². The summed E-state index contributed by atoms with van der Waals surface area (Å²) in [5, 5.41) is 13.6. The highest BCUT2D eigenvalue weighted by molar-refractivity contribution is 5.77. The molecule has 1 aromatic carbocycles. The average molecular weight is 247 g/mol. The highest BCUT2D eigenvalue weighted by Crippen LogP contribution is 2.19. The molecule has 0 aliphatic heterocycles. The Balaban J connectivity index is 2.00. The summed E-state index contributed by atoms with van der Waals surface area (Å²) in [6.07, 6.45) is 0.776. The summed E-state index contributed by atoms with van der Waals surface area (Å²) >= 11 is 0. The first-order valence-electron chi connectivity index (χ1n) is 6.52. The lowest BCUT2D eigenvalue weighted by Gasteiger charge is -2.20. The molecule has 0 saturated heterocycles. The smallest absolute Gasteiger partial charge is 0.134 e. The van der Waals surface area contributed by atoms with E-state index in [0.29, 0.717) is 18.5 Å². The van der Waals surface area contributed by atoms with Gasteiger partial charge in [-0.15, -0.1) is 0 Å². The van der Waals surface area contributed by atoms with Crippen LogP contribution in [-0.4, -0.2) is 17.8 Å². The zero-order valence-corrected chi connectivity index (χ0v) is 11.0. The fraction of sp³-hybridized carbons (Fsp3) is 0.467. The van der Waals surface area contributed by atoms with Crippen molar-refractivity contribution in [3.05, 3.63) is 36.1 Å². The maximum Gasteiger partial charge on any atom is 0.134 e. The van der Waals surface area contributed by atoms with Gasteiger partial charge in [0.15, 0.2) is 0 Å². The monoisotopic (exact) mass is 247 g/mol. The van der Waals surface area contributed by atoms with Gasteiger partial charge in [-0.05, 0) is 24.5 Å². The summed E-state index contributed by atoms with van der Waals surface area (Å²) in [6.45, 7) is 5.24. The summed E-state index contributed by atoms with van der Waals surface area (Å²) in [7, 11) is 0. The molecule has 0 saturated carbocycles. The lowest BCUT2D eigenvalue weighted by Crippen LogP contribution is -2.34. The van der Waals surface area contributed by atoms with Gasteiger partial charge in [0.2, 0.25) is 0 Å². The number of rotatable bonds is 6. The van der Waals surface area contributed by atoms with Crippen LogP contribution in [-0.2, 0) is 6.54 Å².